The summed E-state index contributed by atoms with van der Waals surface area (Å²) in [5.74, 6) is -0.452. The number of aryl methyl sites for hydroxylation is 1. The van der Waals surface area contributed by atoms with Crippen molar-refractivity contribution < 1.29 is 9.90 Å². The number of hydrogen-bond acceptors (Lipinski definition) is 5. The average molecular weight is 450 g/mol. The molecule has 7 heteroatoms. The lowest BCUT2D eigenvalue weighted by molar-refractivity contribution is -0.136. The van der Waals surface area contributed by atoms with Crippen molar-refractivity contribution in [1.82, 2.24) is 9.97 Å². The zero-order valence-electron chi connectivity index (χ0n) is 17.0. The molecule has 0 fully saturated rings. The number of anilines is 2. The van der Waals surface area contributed by atoms with Gasteiger partial charge in [0.1, 0.15) is 16.2 Å². The van der Waals surface area contributed by atoms with E-state index in [2.05, 4.69) is 15.3 Å². The Balaban J connectivity index is 1.68. The molecule has 0 saturated heterocycles. The zero-order chi connectivity index (χ0) is 22.0. The fourth-order valence-corrected chi connectivity index (χ4v) is 4.55. The average Bonchev–Trinajstić information content (AvgIpc) is 2.74. The maximum absolute atomic E-state index is 12.2. The topological polar surface area (TPSA) is 75.1 Å². The zero-order valence-corrected chi connectivity index (χ0v) is 18.5. The Kier molecular flexibility index (Phi) is 6.11. The molecule has 0 saturated carbocycles. The molecule has 0 amide bonds. The number of halogens is 1. The SMILES string of the molecule is Cc1cccc(Nc2cc(Cl)nc(S[C@@H](C(=O)O)c3cccc4ccccc34)n2)c1C. The van der Waals surface area contributed by atoms with Crippen molar-refractivity contribution in [3.63, 3.8) is 0 Å². The molecule has 0 unspecified atom stereocenters. The summed E-state index contributed by atoms with van der Waals surface area (Å²) in [6, 6.07) is 21.0. The van der Waals surface area contributed by atoms with Crippen LogP contribution in [0.15, 0.2) is 71.9 Å². The Morgan fingerprint density at radius 2 is 1.77 bits per heavy atom. The van der Waals surface area contributed by atoms with Crippen molar-refractivity contribution in [3.8, 4) is 0 Å². The Morgan fingerprint density at radius 3 is 2.58 bits per heavy atom. The van der Waals surface area contributed by atoms with Gasteiger partial charge in [0.15, 0.2) is 5.16 Å². The molecule has 0 bridgehead atoms. The minimum atomic E-state index is -0.964. The van der Waals surface area contributed by atoms with E-state index >= 15 is 0 Å². The maximum Gasteiger partial charge on any atom is 0.321 e. The number of thioether (sulfide) groups is 1. The number of nitrogens with one attached hydrogen (secondary N) is 1. The van der Waals surface area contributed by atoms with Gasteiger partial charge in [0.2, 0.25) is 0 Å². The Labute approximate surface area is 189 Å². The highest BCUT2D eigenvalue weighted by molar-refractivity contribution is 8.00. The lowest BCUT2D eigenvalue weighted by Gasteiger charge is -2.15. The molecule has 1 atom stereocenters. The predicted molar refractivity (Wildman–Crippen MR) is 126 cm³/mol. The highest BCUT2D eigenvalue weighted by Gasteiger charge is 2.25. The van der Waals surface area contributed by atoms with Gasteiger partial charge in [-0.1, -0.05) is 78.0 Å². The van der Waals surface area contributed by atoms with Crippen LogP contribution in [0.5, 0.6) is 0 Å². The number of carbonyl (C=O) groups is 1. The molecular formula is C24H20ClN3O2S. The molecule has 2 N–H and O–H groups in total. The van der Waals surface area contributed by atoms with E-state index in [-0.39, 0.29) is 5.15 Å². The summed E-state index contributed by atoms with van der Waals surface area (Å²) in [5, 5.41) is 14.8. The summed E-state index contributed by atoms with van der Waals surface area (Å²) in [7, 11) is 0. The first kappa shape index (κ1) is 21.2. The van der Waals surface area contributed by atoms with Crippen LogP contribution in [-0.2, 0) is 4.79 Å². The van der Waals surface area contributed by atoms with E-state index < -0.39 is 11.2 Å². The van der Waals surface area contributed by atoms with Crippen LogP contribution in [0.2, 0.25) is 5.15 Å². The van der Waals surface area contributed by atoms with Crippen molar-refractivity contribution >= 4 is 51.6 Å². The quantitative estimate of drug-likeness (QED) is 0.197. The largest absolute Gasteiger partial charge is 0.480 e. The normalized spacial score (nSPS) is 12.0. The van der Waals surface area contributed by atoms with Gasteiger partial charge in [-0.3, -0.25) is 4.79 Å². The molecule has 1 heterocycles. The number of hydrogen-bond donors (Lipinski definition) is 2. The van der Waals surface area contributed by atoms with Crippen LogP contribution in [0.4, 0.5) is 11.5 Å². The molecule has 31 heavy (non-hydrogen) atoms. The summed E-state index contributed by atoms with van der Waals surface area (Å²) in [5.41, 5.74) is 3.87. The minimum Gasteiger partial charge on any atom is -0.480 e. The van der Waals surface area contributed by atoms with Crippen molar-refractivity contribution in [2.24, 2.45) is 0 Å². The third kappa shape index (κ3) is 4.65. The molecule has 156 valence electrons. The lowest BCUT2D eigenvalue weighted by Crippen LogP contribution is -2.10. The van der Waals surface area contributed by atoms with Gasteiger partial charge in [-0.05, 0) is 47.4 Å². The number of carboxylic acid groups (broad SMARTS) is 1. The number of benzene rings is 3. The number of carboxylic acids is 1. The van der Waals surface area contributed by atoms with E-state index in [9.17, 15) is 9.90 Å². The molecule has 0 aliphatic rings. The minimum absolute atomic E-state index is 0.243. The summed E-state index contributed by atoms with van der Waals surface area (Å²) in [6.45, 7) is 4.06. The molecule has 0 radical (unpaired) electrons. The first-order chi connectivity index (χ1) is 14.9. The first-order valence-electron chi connectivity index (χ1n) is 9.67. The van der Waals surface area contributed by atoms with Crippen molar-refractivity contribution in [3.05, 3.63) is 88.6 Å². The van der Waals surface area contributed by atoms with E-state index in [1.165, 1.54) is 0 Å². The fraction of sp³-hybridized carbons (Fsp3) is 0.125. The van der Waals surface area contributed by atoms with Crippen LogP contribution >= 0.6 is 23.4 Å². The summed E-state index contributed by atoms with van der Waals surface area (Å²) in [6.07, 6.45) is 0. The van der Waals surface area contributed by atoms with E-state index in [1.54, 1.807) is 6.07 Å². The second kappa shape index (κ2) is 8.96. The molecule has 0 spiro atoms. The number of nitrogens with zero attached hydrogens (tertiary/aromatic N) is 2. The molecule has 0 aliphatic carbocycles. The number of aliphatic carboxylic acids is 1. The fourth-order valence-electron chi connectivity index (χ4n) is 3.37. The standard InChI is InChI=1S/C24H20ClN3O2S/c1-14-7-5-12-19(15(14)2)26-21-13-20(25)27-24(28-21)31-22(23(29)30)18-11-6-9-16-8-3-4-10-17(16)18/h3-13,22H,1-2H3,(H,29,30)(H,26,27,28)/t22-/m1/s1. The lowest BCUT2D eigenvalue weighted by atomic mass is 10.0. The Morgan fingerprint density at radius 1 is 1.03 bits per heavy atom. The Hall–Kier alpha value is -3.09. The van der Waals surface area contributed by atoms with Gasteiger partial charge >= 0.3 is 5.97 Å². The first-order valence-corrected chi connectivity index (χ1v) is 10.9. The number of rotatable bonds is 6. The van der Waals surface area contributed by atoms with E-state index in [4.69, 9.17) is 11.6 Å². The molecular weight excluding hydrogens is 430 g/mol. The highest BCUT2D eigenvalue weighted by Crippen LogP contribution is 2.38. The second-order valence-corrected chi connectivity index (χ2v) is 8.59. The maximum atomic E-state index is 12.2. The van der Waals surface area contributed by atoms with Gasteiger partial charge in [0.25, 0.3) is 0 Å². The number of fused-ring (bicyclic) bond motifs is 1. The van der Waals surface area contributed by atoms with Gasteiger partial charge in [-0.2, -0.15) is 0 Å². The smallest absolute Gasteiger partial charge is 0.321 e. The molecule has 4 aromatic rings. The molecule has 1 aromatic heterocycles. The van der Waals surface area contributed by atoms with Gasteiger partial charge in [-0.25, -0.2) is 9.97 Å². The van der Waals surface area contributed by atoms with E-state index in [0.29, 0.717) is 16.5 Å². The van der Waals surface area contributed by atoms with Crippen LogP contribution in [0.25, 0.3) is 10.8 Å². The highest BCUT2D eigenvalue weighted by atomic mass is 35.5. The van der Waals surface area contributed by atoms with Gasteiger partial charge < -0.3 is 10.4 Å². The van der Waals surface area contributed by atoms with Gasteiger partial charge in [0, 0.05) is 11.8 Å². The molecule has 4 rings (SSSR count). The summed E-state index contributed by atoms with van der Waals surface area (Å²) >= 11 is 7.30. The van der Waals surface area contributed by atoms with Crippen LogP contribution in [0.1, 0.15) is 21.9 Å². The van der Waals surface area contributed by atoms with Gasteiger partial charge in [-0.15, -0.1) is 0 Å². The predicted octanol–water partition coefficient (Wildman–Crippen LogP) is 6.56. The van der Waals surface area contributed by atoms with Crippen LogP contribution in [-0.4, -0.2) is 21.0 Å². The Bertz CT molecular complexity index is 1270. The third-order valence-electron chi connectivity index (χ3n) is 5.10. The molecule has 0 aliphatic heterocycles. The van der Waals surface area contributed by atoms with Crippen LogP contribution in [0, 0.1) is 13.8 Å². The van der Waals surface area contributed by atoms with E-state index in [1.807, 2.05) is 74.5 Å². The second-order valence-electron chi connectivity index (χ2n) is 7.14. The van der Waals surface area contributed by atoms with E-state index in [0.717, 1.165) is 39.3 Å². The monoisotopic (exact) mass is 449 g/mol. The van der Waals surface area contributed by atoms with Crippen molar-refractivity contribution in [1.29, 1.82) is 0 Å². The van der Waals surface area contributed by atoms with Crippen molar-refractivity contribution in [2.75, 3.05) is 5.32 Å². The number of aromatic nitrogens is 2. The van der Waals surface area contributed by atoms with Crippen LogP contribution in [0.3, 0.4) is 0 Å². The van der Waals surface area contributed by atoms with Crippen molar-refractivity contribution in [2.45, 2.75) is 24.3 Å². The van der Waals surface area contributed by atoms with Crippen LogP contribution < -0.4 is 5.32 Å². The summed E-state index contributed by atoms with van der Waals surface area (Å²) in [4.78, 5) is 20.9. The summed E-state index contributed by atoms with van der Waals surface area (Å²) < 4.78 is 0. The molecule has 3 aromatic carbocycles. The molecule has 5 nitrogen and oxygen atoms in total. The van der Waals surface area contributed by atoms with Gasteiger partial charge in [0.05, 0.1) is 0 Å². The third-order valence-corrected chi connectivity index (χ3v) is 6.37.